The number of pyridine rings is 1. The molecule has 1 N–H and O–H groups in total. The normalized spacial score (nSPS) is 16.2. The number of aryl methyl sites for hydroxylation is 1. The van der Waals surface area contributed by atoms with Gasteiger partial charge in [0.05, 0.1) is 11.3 Å². The van der Waals surface area contributed by atoms with Gasteiger partial charge in [-0.3, -0.25) is 14.6 Å². The number of thiophene rings is 1. The van der Waals surface area contributed by atoms with Crippen LogP contribution in [0.25, 0.3) is 11.4 Å². The molecule has 7 nitrogen and oxygen atoms in total. The Morgan fingerprint density at radius 1 is 1.25 bits per heavy atom. The molecule has 1 amide bonds. The predicted molar refractivity (Wildman–Crippen MR) is 106 cm³/mol. The molecule has 1 aliphatic rings. The topological polar surface area (TPSA) is 89.8 Å². The SMILES string of the molecule is CC(=O)c1cc(CC(=O)NC2CCc3nnc(-c4ccncc4)n3CC2)cs1. The molecule has 0 fully saturated rings. The van der Waals surface area contributed by atoms with Gasteiger partial charge in [-0.1, -0.05) is 0 Å². The molecule has 0 aromatic carbocycles. The number of carbonyl (C=O) groups is 2. The first kappa shape index (κ1) is 18.5. The molecule has 0 saturated carbocycles. The average molecular weight is 395 g/mol. The van der Waals surface area contributed by atoms with E-state index in [1.165, 1.54) is 11.3 Å². The molecule has 0 saturated heterocycles. The maximum absolute atomic E-state index is 12.4. The summed E-state index contributed by atoms with van der Waals surface area (Å²) in [4.78, 5) is 28.6. The summed E-state index contributed by atoms with van der Waals surface area (Å²) in [5, 5.41) is 13.7. The first-order valence-electron chi connectivity index (χ1n) is 9.30. The highest BCUT2D eigenvalue weighted by atomic mass is 32.1. The van der Waals surface area contributed by atoms with Gasteiger partial charge in [0.2, 0.25) is 5.91 Å². The Morgan fingerprint density at radius 3 is 2.82 bits per heavy atom. The number of carbonyl (C=O) groups excluding carboxylic acids is 2. The second-order valence-electron chi connectivity index (χ2n) is 6.97. The van der Waals surface area contributed by atoms with Crippen LogP contribution in [-0.2, 0) is 24.2 Å². The second kappa shape index (κ2) is 8.02. The van der Waals surface area contributed by atoms with E-state index < -0.39 is 0 Å². The molecule has 0 radical (unpaired) electrons. The minimum absolute atomic E-state index is 0.00933. The lowest BCUT2D eigenvalue weighted by Gasteiger charge is -2.16. The summed E-state index contributed by atoms with van der Waals surface area (Å²) in [6.45, 7) is 2.30. The summed E-state index contributed by atoms with van der Waals surface area (Å²) in [6.07, 6.45) is 6.24. The van der Waals surface area contributed by atoms with Gasteiger partial charge in [0.25, 0.3) is 0 Å². The lowest BCUT2D eigenvalue weighted by atomic mass is 10.1. The molecule has 1 unspecified atom stereocenters. The Balaban J connectivity index is 1.38. The van der Waals surface area contributed by atoms with E-state index >= 15 is 0 Å². The molecule has 1 aliphatic heterocycles. The Hall–Kier alpha value is -2.87. The Labute approximate surface area is 166 Å². The summed E-state index contributed by atoms with van der Waals surface area (Å²) >= 11 is 1.39. The van der Waals surface area contributed by atoms with Crippen molar-refractivity contribution in [3.05, 3.63) is 52.2 Å². The molecular weight excluding hydrogens is 374 g/mol. The van der Waals surface area contributed by atoms with E-state index in [9.17, 15) is 9.59 Å². The maximum Gasteiger partial charge on any atom is 0.224 e. The van der Waals surface area contributed by atoms with E-state index in [1.54, 1.807) is 19.3 Å². The average Bonchev–Trinajstić information content (AvgIpc) is 3.27. The van der Waals surface area contributed by atoms with Crippen molar-refractivity contribution in [3.8, 4) is 11.4 Å². The van der Waals surface area contributed by atoms with Gasteiger partial charge in [0, 0.05) is 37.0 Å². The number of amides is 1. The molecular formula is C20H21N5O2S. The van der Waals surface area contributed by atoms with Crippen molar-refractivity contribution in [2.75, 3.05) is 0 Å². The number of nitrogens with zero attached hydrogens (tertiary/aromatic N) is 4. The van der Waals surface area contributed by atoms with Gasteiger partial charge in [0.15, 0.2) is 11.6 Å². The second-order valence-corrected chi connectivity index (χ2v) is 7.88. The van der Waals surface area contributed by atoms with Crippen molar-refractivity contribution in [1.29, 1.82) is 0 Å². The third-order valence-electron chi connectivity index (χ3n) is 4.91. The van der Waals surface area contributed by atoms with E-state index in [2.05, 4.69) is 25.1 Å². The van der Waals surface area contributed by atoms with Crippen LogP contribution in [0.2, 0.25) is 0 Å². The number of fused-ring (bicyclic) bond motifs is 1. The van der Waals surface area contributed by atoms with Crippen molar-refractivity contribution in [2.45, 2.75) is 45.2 Å². The van der Waals surface area contributed by atoms with Crippen molar-refractivity contribution >= 4 is 23.0 Å². The summed E-state index contributed by atoms with van der Waals surface area (Å²) < 4.78 is 2.14. The molecule has 1 atom stereocenters. The van der Waals surface area contributed by atoms with Gasteiger partial charge >= 0.3 is 0 Å². The van der Waals surface area contributed by atoms with E-state index in [0.717, 1.165) is 48.6 Å². The fourth-order valence-corrected chi connectivity index (χ4v) is 4.28. The molecule has 3 aromatic rings. The smallest absolute Gasteiger partial charge is 0.224 e. The van der Waals surface area contributed by atoms with Gasteiger partial charge in [-0.25, -0.2) is 0 Å². The van der Waals surface area contributed by atoms with Crippen LogP contribution in [0.3, 0.4) is 0 Å². The number of nitrogens with one attached hydrogen (secondary N) is 1. The standard InChI is InChI=1S/C20H21N5O2S/c1-13(26)17-10-14(12-28-17)11-19(27)22-16-2-3-18-23-24-20(25(18)9-6-16)15-4-7-21-8-5-15/h4-5,7-8,10,12,16H,2-3,6,9,11H2,1H3,(H,22,27). The van der Waals surface area contributed by atoms with E-state index in [4.69, 9.17) is 0 Å². The Kier molecular flexibility index (Phi) is 5.29. The summed E-state index contributed by atoms with van der Waals surface area (Å²) in [5.74, 6) is 1.82. The number of rotatable bonds is 5. The highest BCUT2D eigenvalue weighted by Gasteiger charge is 2.22. The van der Waals surface area contributed by atoms with Gasteiger partial charge in [0.1, 0.15) is 5.82 Å². The van der Waals surface area contributed by atoms with Gasteiger partial charge in [-0.15, -0.1) is 21.5 Å². The monoisotopic (exact) mass is 395 g/mol. The fourth-order valence-electron chi connectivity index (χ4n) is 3.46. The molecule has 3 aromatic heterocycles. The van der Waals surface area contributed by atoms with Crippen LogP contribution < -0.4 is 5.32 Å². The summed E-state index contributed by atoms with van der Waals surface area (Å²) in [7, 11) is 0. The van der Waals surface area contributed by atoms with Crippen molar-refractivity contribution in [1.82, 2.24) is 25.1 Å². The van der Waals surface area contributed by atoms with Gasteiger partial charge < -0.3 is 9.88 Å². The number of hydrogen-bond acceptors (Lipinski definition) is 6. The van der Waals surface area contributed by atoms with Crippen LogP contribution in [0.1, 0.15) is 40.8 Å². The first-order chi connectivity index (χ1) is 13.6. The molecule has 144 valence electrons. The fraction of sp³-hybridized carbons (Fsp3) is 0.350. The zero-order chi connectivity index (χ0) is 19.5. The maximum atomic E-state index is 12.4. The molecule has 4 rings (SSSR count). The Bertz CT molecular complexity index is 995. The first-order valence-corrected chi connectivity index (χ1v) is 10.2. The van der Waals surface area contributed by atoms with E-state index in [1.807, 2.05) is 23.6 Å². The quantitative estimate of drug-likeness (QED) is 0.671. The molecule has 0 bridgehead atoms. The largest absolute Gasteiger partial charge is 0.353 e. The predicted octanol–water partition coefficient (Wildman–Crippen LogP) is 2.67. The molecule has 0 spiro atoms. The van der Waals surface area contributed by atoms with Crippen molar-refractivity contribution < 1.29 is 9.59 Å². The third kappa shape index (κ3) is 4.01. The minimum atomic E-state index is -0.00933. The van der Waals surface area contributed by atoms with Crippen LogP contribution in [-0.4, -0.2) is 37.5 Å². The van der Waals surface area contributed by atoms with Crippen LogP contribution in [0.15, 0.2) is 36.0 Å². The lowest BCUT2D eigenvalue weighted by molar-refractivity contribution is -0.121. The zero-order valence-corrected chi connectivity index (χ0v) is 16.4. The van der Waals surface area contributed by atoms with Crippen LogP contribution in [0.4, 0.5) is 0 Å². The van der Waals surface area contributed by atoms with Crippen LogP contribution in [0.5, 0.6) is 0 Å². The molecule has 0 aliphatic carbocycles. The summed E-state index contributed by atoms with van der Waals surface area (Å²) in [6, 6.07) is 5.77. The number of ketones is 1. The van der Waals surface area contributed by atoms with Crippen molar-refractivity contribution in [2.24, 2.45) is 0 Å². The van der Waals surface area contributed by atoms with E-state index in [0.29, 0.717) is 11.3 Å². The van der Waals surface area contributed by atoms with Gasteiger partial charge in [-0.05, 0) is 48.9 Å². The van der Waals surface area contributed by atoms with E-state index in [-0.39, 0.29) is 17.7 Å². The van der Waals surface area contributed by atoms with Crippen LogP contribution in [0, 0.1) is 0 Å². The zero-order valence-electron chi connectivity index (χ0n) is 15.6. The third-order valence-corrected chi connectivity index (χ3v) is 5.99. The van der Waals surface area contributed by atoms with Gasteiger partial charge in [-0.2, -0.15) is 0 Å². The van der Waals surface area contributed by atoms with Crippen LogP contribution >= 0.6 is 11.3 Å². The molecule has 8 heteroatoms. The molecule has 28 heavy (non-hydrogen) atoms. The highest BCUT2D eigenvalue weighted by Crippen LogP contribution is 2.22. The Morgan fingerprint density at radius 2 is 2.07 bits per heavy atom. The lowest BCUT2D eigenvalue weighted by Crippen LogP contribution is -2.36. The van der Waals surface area contributed by atoms with Crippen molar-refractivity contribution in [3.63, 3.8) is 0 Å². The molecule has 4 heterocycles. The number of Topliss-reactive ketones (excluding diaryl/α,β-unsaturated/α-hetero) is 1. The number of hydrogen-bond donors (Lipinski definition) is 1. The number of aromatic nitrogens is 4. The highest BCUT2D eigenvalue weighted by molar-refractivity contribution is 7.12. The minimum Gasteiger partial charge on any atom is -0.353 e. The summed E-state index contributed by atoms with van der Waals surface area (Å²) in [5.41, 5.74) is 1.88.